The van der Waals surface area contributed by atoms with Crippen LogP contribution < -0.4 is 9.64 Å². The first-order valence-electron chi connectivity index (χ1n) is 7.78. The molecule has 0 aromatic heterocycles. The van der Waals surface area contributed by atoms with Crippen molar-refractivity contribution in [3.05, 3.63) is 59.7 Å². The number of para-hydroxylation sites is 2. The standard InChI is InChI=1S/C19H19NO4/c1-13-7-9-14(10-8-13)11-18(21)20-12-17(19(22)23-2)24-16-6-4-3-5-15(16)20/h3-10,17H,11-12H2,1-2H3/t17-/m1/s1. The van der Waals surface area contributed by atoms with Crippen LogP contribution in [0.25, 0.3) is 0 Å². The average molecular weight is 325 g/mol. The lowest BCUT2D eigenvalue weighted by atomic mass is 10.1. The summed E-state index contributed by atoms with van der Waals surface area (Å²) in [5, 5.41) is 0. The molecule has 1 aliphatic rings. The number of esters is 1. The smallest absolute Gasteiger partial charge is 0.348 e. The third kappa shape index (κ3) is 3.25. The molecule has 0 spiro atoms. The van der Waals surface area contributed by atoms with Gasteiger partial charge in [-0.3, -0.25) is 4.79 Å². The first kappa shape index (κ1) is 16.1. The van der Waals surface area contributed by atoms with Gasteiger partial charge in [0.2, 0.25) is 12.0 Å². The molecule has 0 N–H and O–H groups in total. The molecular formula is C19H19NO4. The normalized spacial score (nSPS) is 16.1. The highest BCUT2D eigenvalue weighted by atomic mass is 16.6. The Labute approximate surface area is 140 Å². The maximum absolute atomic E-state index is 12.8. The van der Waals surface area contributed by atoms with Gasteiger partial charge in [-0.1, -0.05) is 42.0 Å². The van der Waals surface area contributed by atoms with Gasteiger partial charge < -0.3 is 14.4 Å². The van der Waals surface area contributed by atoms with Crippen molar-refractivity contribution in [3.8, 4) is 5.75 Å². The van der Waals surface area contributed by atoms with Crippen LogP contribution in [0.15, 0.2) is 48.5 Å². The number of aryl methyl sites for hydroxylation is 1. The van der Waals surface area contributed by atoms with Crippen molar-refractivity contribution in [2.24, 2.45) is 0 Å². The van der Waals surface area contributed by atoms with Crippen LogP contribution in [-0.4, -0.2) is 31.6 Å². The molecule has 3 rings (SSSR count). The average Bonchev–Trinajstić information content (AvgIpc) is 2.62. The van der Waals surface area contributed by atoms with Gasteiger partial charge in [-0.05, 0) is 24.6 Å². The van der Waals surface area contributed by atoms with E-state index >= 15 is 0 Å². The molecule has 0 unspecified atom stereocenters. The number of anilines is 1. The highest BCUT2D eigenvalue weighted by molar-refractivity contribution is 5.97. The predicted octanol–water partition coefficient (Wildman–Crippen LogP) is 2.50. The number of fused-ring (bicyclic) bond motifs is 1. The van der Waals surface area contributed by atoms with E-state index in [9.17, 15) is 9.59 Å². The van der Waals surface area contributed by atoms with Gasteiger partial charge in [0.05, 0.1) is 25.8 Å². The fraction of sp³-hybridized carbons (Fsp3) is 0.263. The van der Waals surface area contributed by atoms with Crippen LogP contribution in [0.5, 0.6) is 5.75 Å². The molecule has 0 fully saturated rings. The maximum atomic E-state index is 12.8. The SMILES string of the molecule is COC(=O)[C@H]1CN(C(=O)Cc2ccc(C)cc2)c2ccccc2O1. The zero-order chi connectivity index (χ0) is 17.1. The van der Waals surface area contributed by atoms with Gasteiger partial charge in [0, 0.05) is 0 Å². The number of amides is 1. The van der Waals surface area contributed by atoms with Crippen molar-refractivity contribution >= 4 is 17.6 Å². The minimum atomic E-state index is -0.813. The van der Waals surface area contributed by atoms with Crippen molar-refractivity contribution < 1.29 is 19.1 Å². The van der Waals surface area contributed by atoms with Gasteiger partial charge in [0.25, 0.3) is 0 Å². The predicted molar refractivity (Wildman–Crippen MR) is 90.1 cm³/mol. The molecule has 0 saturated heterocycles. The van der Waals surface area contributed by atoms with Gasteiger partial charge in [-0.25, -0.2) is 4.79 Å². The largest absolute Gasteiger partial charge is 0.475 e. The molecule has 0 aliphatic carbocycles. The van der Waals surface area contributed by atoms with Gasteiger partial charge >= 0.3 is 5.97 Å². The van der Waals surface area contributed by atoms with Gasteiger partial charge in [0.1, 0.15) is 5.75 Å². The van der Waals surface area contributed by atoms with Crippen LogP contribution in [0.2, 0.25) is 0 Å². The summed E-state index contributed by atoms with van der Waals surface area (Å²) >= 11 is 0. The zero-order valence-electron chi connectivity index (χ0n) is 13.7. The van der Waals surface area contributed by atoms with E-state index in [0.29, 0.717) is 11.4 Å². The monoisotopic (exact) mass is 325 g/mol. The molecule has 2 aromatic carbocycles. The Hall–Kier alpha value is -2.82. The molecule has 1 heterocycles. The molecule has 2 aromatic rings. The number of hydrogen-bond acceptors (Lipinski definition) is 4. The number of carbonyl (C=O) groups excluding carboxylic acids is 2. The molecule has 124 valence electrons. The fourth-order valence-corrected chi connectivity index (χ4v) is 2.70. The second-order valence-electron chi connectivity index (χ2n) is 5.76. The van der Waals surface area contributed by atoms with Crippen molar-refractivity contribution in [2.75, 3.05) is 18.6 Å². The highest BCUT2D eigenvalue weighted by Crippen LogP contribution is 2.33. The molecule has 1 atom stereocenters. The molecule has 0 radical (unpaired) electrons. The Morgan fingerprint density at radius 2 is 1.88 bits per heavy atom. The third-order valence-corrected chi connectivity index (χ3v) is 4.01. The fourth-order valence-electron chi connectivity index (χ4n) is 2.70. The second-order valence-corrected chi connectivity index (χ2v) is 5.76. The van der Waals surface area contributed by atoms with Crippen molar-refractivity contribution in [1.29, 1.82) is 0 Å². The quantitative estimate of drug-likeness (QED) is 0.814. The van der Waals surface area contributed by atoms with Gasteiger partial charge in [0.15, 0.2) is 0 Å². The number of hydrogen-bond donors (Lipinski definition) is 0. The Balaban J connectivity index is 1.85. The molecule has 1 aliphatic heterocycles. The highest BCUT2D eigenvalue weighted by Gasteiger charge is 2.34. The summed E-state index contributed by atoms with van der Waals surface area (Å²) in [4.78, 5) is 26.2. The van der Waals surface area contributed by atoms with Crippen LogP contribution in [0.1, 0.15) is 11.1 Å². The van der Waals surface area contributed by atoms with Crippen LogP contribution >= 0.6 is 0 Å². The Bertz CT molecular complexity index is 754. The number of carbonyl (C=O) groups is 2. The van der Waals surface area contributed by atoms with Crippen molar-refractivity contribution in [1.82, 2.24) is 0 Å². The number of rotatable bonds is 3. The molecule has 24 heavy (non-hydrogen) atoms. The van der Waals surface area contributed by atoms with Gasteiger partial charge in [-0.15, -0.1) is 0 Å². The lowest BCUT2D eigenvalue weighted by Crippen LogP contribution is -2.48. The third-order valence-electron chi connectivity index (χ3n) is 4.01. The summed E-state index contributed by atoms with van der Waals surface area (Å²) in [6.07, 6.45) is -0.547. The number of methoxy groups -OCH3 is 1. The Morgan fingerprint density at radius 1 is 1.17 bits per heavy atom. The summed E-state index contributed by atoms with van der Waals surface area (Å²) in [5.74, 6) is -0.0578. The number of nitrogens with zero attached hydrogens (tertiary/aromatic N) is 1. The lowest BCUT2D eigenvalue weighted by molar-refractivity contribution is -0.148. The second kappa shape index (κ2) is 6.74. The summed E-state index contributed by atoms with van der Waals surface area (Å²) in [5.41, 5.74) is 2.76. The Kier molecular flexibility index (Phi) is 4.51. The van der Waals surface area contributed by atoms with Crippen molar-refractivity contribution in [2.45, 2.75) is 19.4 Å². The molecular weight excluding hydrogens is 306 g/mol. The lowest BCUT2D eigenvalue weighted by Gasteiger charge is -2.33. The molecule has 0 bridgehead atoms. The summed E-state index contributed by atoms with van der Waals surface area (Å²) in [6, 6.07) is 15.1. The minimum absolute atomic E-state index is 0.0801. The van der Waals surface area contributed by atoms with E-state index in [0.717, 1.165) is 11.1 Å². The van der Waals surface area contributed by atoms with E-state index in [1.165, 1.54) is 7.11 Å². The number of benzene rings is 2. The summed E-state index contributed by atoms with van der Waals surface area (Å²) in [6.45, 7) is 2.15. The summed E-state index contributed by atoms with van der Waals surface area (Å²) in [7, 11) is 1.31. The van der Waals surface area contributed by atoms with E-state index in [1.54, 1.807) is 17.0 Å². The van der Waals surface area contributed by atoms with Crippen LogP contribution in [0, 0.1) is 6.92 Å². The molecule has 0 saturated carbocycles. The molecule has 5 nitrogen and oxygen atoms in total. The van der Waals surface area contributed by atoms with E-state index in [2.05, 4.69) is 0 Å². The van der Waals surface area contributed by atoms with E-state index < -0.39 is 12.1 Å². The topological polar surface area (TPSA) is 55.8 Å². The Morgan fingerprint density at radius 3 is 2.58 bits per heavy atom. The molecule has 1 amide bonds. The summed E-state index contributed by atoms with van der Waals surface area (Å²) < 4.78 is 10.4. The van der Waals surface area contributed by atoms with Crippen LogP contribution in [0.3, 0.4) is 0 Å². The first-order valence-corrected chi connectivity index (χ1v) is 7.78. The van der Waals surface area contributed by atoms with E-state index in [4.69, 9.17) is 9.47 Å². The van der Waals surface area contributed by atoms with Crippen LogP contribution in [-0.2, 0) is 20.7 Å². The van der Waals surface area contributed by atoms with Crippen molar-refractivity contribution in [3.63, 3.8) is 0 Å². The zero-order valence-corrected chi connectivity index (χ0v) is 13.7. The minimum Gasteiger partial charge on any atom is -0.475 e. The first-order chi connectivity index (χ1) is 11.6. The van der Waals surface area contributed by atoms with E-state index in [-0.39, 0.29) is 18.9 Å². The van der Waals surface area contributed by atoms with E-state index in [1.807, 2.05) is 43.3 Å². The van der Waals surface area contributed by atoms with Gasteiger partial charge in [-0.2, -0.15) is 0 Å². The number of ether oxygens (including phenoxy) is 2. The molecule has 5 heteroatoms. The van der Waals surface area contributed by atoms with Crippen LogP contribution in [0.4, 0.5) is 5.69 Å². The maximum Gasteiger partial charge on any atom is 0.348 e.